The summed E-state index contributed by atoms with van der Waals surface area (Å²) in [5.41, 5.74) is 6.63. The molecule has 0 atom stereocenters. The van der Waals surface area contributed by atoms with Crippen molar-refractivity contribution in [2.75, 3.05) is 0 Å². The van der Waals surface area contributed by atoms with Crippen molar-refractivity contribution >= 4 is 11.8 Å². The van der Waals surface area contributed by atoms with E-state index in [0.29, 0.717) is 6.54 Å². The lowest BCUT2D eigenvalue weighted by Crippen LogP contribution is -1.94. The summed E-state index contributed by atoms with van der Waals surface area (Å²) in [6.07, 6.45) is 0. The first-order chi connectivity index (χ1) is 7.78. The zero-order valence-electron chi connectivity index (χ0n) is 8.69. The molecule has 0 amide bonds. The molecule has 82 valence electrons. The van der Waals surface area contributed by atoms with Crippen molar-refractivity contribution in [1.82, 2.24) is 0 Å². The summed E-state index contributed by atoms with van der Waals surface area (Å²) < 4.78 is 12.7. The molecular weight excluding hydrogens is 221 g/mol. The molecule has 0 saturated carbocycles. The minimum absolute atomic E-state index is 0.206. The molecule has 0 heterocycles. The minimum Gasteiger partial charge on any atom is -0.326 e. The Morgan fingerprint density at radius 3 is 1.88 bits per heavy atom. The van der Waals surface area contributed by atoms with Crippen LogP contribution in [-0.4, -0.2) is 0 Å². The van der Waals surface area contributed by atoms with Gasteiger partial charge in [0.05, 0.1) is 0 Å². The smallest absolute Gasteiger partial charge is 0.123 e. The van der Waals surface area contributed by atoms with Crippen molar-refractivity contribution in [2.45, 2.75) is 16.3 Å². The molecule has 1 nitrogen and oxygen atoms in total. The molecule has 2 N–H and O–H groups in total. The van der Waals surface area contributed by atoms with Gasteiger partial charge in [-0.15, -0.1) is 0 Å². The molecule has 0 aliphatic heterocycles. The van der Waals surface area contributed by atoms with E-state index in [4.69, 9.17) is 5.73 Å². The van der Waals surface area contributed by atoms with Crippen molar-refractivity contribution in [3.63, 3.8) is 0 Å². The monoisotopic (exact) mass is 233 g/mol. The second-order valence-corrected chi connectivity index (χ2v) is 4.55. The molecule has 0 aliphatic carbocycles. The predicted octanol–water partition coefficient (Wildman–Crippen LogP) is 3.44. The Balaban J connectivity index is 2.11. The zero-order chi connectivity index (χ0) is 11.4. The van der Waals surface area contributed by atoms with Crippen LogP contribution in [0.5, 0.6) is 0 Å². The van der Waals surface area contributed by atoms with Gasteiger partial charge in [0.25, 0.3) is 0 Å². The topological polar surface area (TPSA) is 26.0 Å². The Kier molecular flexibility index (Phi) is 3.59. The summed E-state index contributed by atoms with van der Waals surface area (Å²) in [6, 6.07) is 14.5. The molecule has 0 radical (unpaired) electrons. The molecule has 0 unspecified atom stereocenters. The second-order valence-electron chi connectivity index (χ2n) is 3.40. The minimum atomic E-state index is -0.206. The SMILES string of the molecule is NCc1ccc(Sc2ccc(F)cc2)cc1. The molecule has 0 spiro atoms. The van der Waals surface area contributed by atoms with E-state index >= 15 is 0 Å². The van der Waals surface area contributed by atoms with Crippen LogP contribution < -0.4 is 5.73 Å². The molecule has 2 rings (SSSR count). The molecule has 2 aromatic rings. The van der Waals surface area contributed by atoms with E-state index in [2.05, 4.69) is 0 Å². The summed E-state index contributed by atoms with van der Waals surface area (Å²) in [6.45, 7) is 0.557. The molecule has 0 bridgehead atoms. The van der Waals surface area contributed by atoms with Gasteiger partial charge in [-0.1, -0.05) is 23.9 Å². The van der Waals surface area contributed by atoms with Gasteiger partial charge in [-0.3, -0.25) is 0 Å². The Morgan fingerprint density at radius 2 is 1.38 bits per heavy atom. The van der Waals surface area contributed by atoms with Gasteiger partial charge < -0.3 is 5.73 Å². The van der Waals surface area contributed by atoms with Gasteiger partial charge in [-0.05, 0) is 42.0 Å². The quantitative estimate of drug-likeness (QED) is 0.878. The molecule has 3 heteroatoms. The maximum atomic E-state index is 12.7. The van der Waals surface area contributed by atoms with Crippen LogP contribution in [0.1, 0.15) is 5.56 Å². The number of hydrogen-bond donors (Lipinski definition) is 1. The average molecular weight is 233 g/mol. The normalized spacial score (nSPS) is 10.4. The number of benzene rings is 2. The van der Waals surface area contributed by atoms with Gasteiger partial charge in [0.2, 0.25) is 0 Å². The lowest BCUT2D eigenvalue weighted by Gasteiger charge is -2.02. The van der Waals surface area contributed by atoms with Crippen LogP contribution in [0.15, 0.2) is 58.3 Å². The molecule has 0 fully saturated rings. The molecule has 2 aromatic carbocycles. The van der Waals surface area contributed by atoms with E-state index in [-0.39, 0.29) is 5.82 Å². The number of nitrogens with two attached hydrogens (primary N) is 1. The molecule has 0 aromatic heterocycles. The van der Waals surface area contributed by atoms with Gasteiger partial charge in [-0.2, -0.15) is 0 Å². The van der Waals surface area contributed by atoms with E-state index in [1.165, 1.54) is 12.1 Å². The van der Waals surface area contributed by atoms with E-state index in [0.717, 1.165) is 15.4 Å². The summed E-state index contributed by atoms with van der Waals surface area (Å²) >= 11 is 1.61. The summed E-state index contributed by atoms with van der Waals surface area (Å²) in [5, 5.41) is 0. The second kappa shape index (κ2) is 5.14. The number of hydrogen-bond acceptors (Lipinski definition) is 2. The van der Waals surface area contributed by atoms with Crippen LogP contribution in [0.2, 0.25) is 0 Å². The van der Waals surface area contributed by atoms with E-state index in [1.54, 1.807) is 23.9 Å². The highest BCUT2D eigenvalue weighted by atomic mass is 32.2. The van der Waals surface area contributed by atoms with E-state index in [9.17, 15) is 4.39 Å². The van der Waals surface area contributed by atoms with Gasteiger partial charge >= 0.3 is 0 Å². The maximum Gasteiger partial charge on any atom is 0.123 e. The Morgan fingerprint density at radius 1 is 0.875 bits per heavy atom. The third kappa shape index (κ3) is 2.84. The van der Waals surface area contributed by atoms with Gasteiger partial charge in [0, 0.05) is 16.3 Å². The van der Waals surface area contributed by atoms with Gasteiger partial charge in [-0.25, -0.2) is 4.39 Å². The lowest BCUT2D eigenvalue weighted by atomic mass is 10.2. The number of halogens is 1. The third-order valence-corrected chi connectivity index (χ3v) is 3.22. The first-order valence-corrected chi connectivity index (χ1v) is 5.82. The van der Waals surface area contributed by atoms with Crippen LogP contribution in [-0.2, 0) is 6.54 Å². The predicted molar refractivity (Wildman–Crippen MR) is 64.9 cm³/mol. The Hall–Kier alpha value is -1.32. The van der Waals surface area contributed by atoms with Crippen molar-refractivity contribution < 1.29 is 4.39 Å². The fourth-order valence-corrected chi connectivity index (χ4v) is 2.15. The lowest BCUT2D eigenvalue weighted by molar-refractivity contribution is 0.626. The van der Waals surface area contributed by atoms with Gasteiger partial charge in [0.15, 0.2) is 0 Å². The number of rotatable bonds is 3. The maximum absolute atomic E-state index is 12.7. The Bertz CT molecular complexity index is 450. The fourth-order valence-electron chi connectivity index (χ4n) is 1.33. The van der Waals surface area contributed by atoms with Gasteiger partial charge in [0.1, 0.15) is 5.82 Å². The fraction of sp³-hybridized carbons (Fsp3) is 0.0769. The van der Waals surface area contributed by atoms with E-state index in [1.807, 2.05) is 24.3 Å². The van der Waals surface area contributed by atoms with Crippen LogP contribution in [0.4, 0.5) is 4.39 Å². The van der Waals surface area contributed by atoms with Crippen LogP contribution >= 0.6 is 11.8 Å². The summed E-state index contributed by atoms with van der Waals surface area (Å²) in [5.74, 6) is -0.206. The summed E-state index contributed by atoms with van der Waals surface area (Å²) in [4.78, 5) is 2.16. The highest BCUT2D eigenvalue weighted by Crippen LogP contribution is 2.27. The highest BCUT2D eigenvalue weighted by molar-refractivity contribution is 7.99. The van der Waals surface area contributed by atoms with Crippen molar-refractivity contribution in [2.24, 2.45) is 5.73 Å². The molecule has 0 saturated heterocycles. The van der Waals surface area contributed by atoms with Crippen LogP contribution in [0.3, 0.4) is 0 Å². The van der Waals surface area contributed by atoms with E-state index < -0.39 is 0 Å². The van der Waals surface area contributed by atoms with Crippen molar-refractivity contribution in [3.05, 3.63) is 59.9 Å². The largest absolute Gasteiger partial charge is 0.326 e. The van der Waals surface area contributed by atoms with Crippen molar-refractivity contribution in [1.29, 1.82) is 0 Å². The zero-order valence-corrected chi connectivity index (χ0v) is 9.51. The summed E-state index contributed by atoms with van der Waals surface area (Å²) in [7, 11) is 0. The first kappa shape index (κ1) is 11.2. The molecular formula is C13H12FNS. The third-order valence-electron chi connectivity index (χ3n) is 2.21. The van der Waals surface area contributed by atoms with Crippen LogP contribution in [0, 0.1) is 5.82 Å². The average Bonchev–Trinajstić information content (AvgIpc) is 2.33. The first-order valence-electron chi connectivity index (χ1n) is 5.00. The highest BCUT2D eigenvalue weighted by Gasteiger charge is 1.98. The molecule has 0 aliphatic rings. The van der Waals surface area contributed by atoms with Crippen molar-refractivity contribution in [3.8, 4) is 0 Å². The Labute approximate surface area is 98.5 Å². The van der Waals surface area contributed by atoms with Crippen LogP contribution in [0.25, 0.3) is 0 Å². The molecule has 16 heavy (non-hydrogen) atoms. The standard InChI is InChI=1S/C13H12FNS/c14-11-3-7-13(8-4-11)16-12-5-1-10(9-15)2-6-12/h1-8H,9,15H2.